The molecule has 0 aromatic heterocycles. The molecule has 2 rings (SSSR count). The van der Waals surface area contributed by atoms with Gasteiger partial charge in [0.1, 0.15) is 0 Å². The van der Waals surface area contributed by atoms with Gasteiger partial charge in [0.15, 0.2) is 0 Å². The van der Waals surface area contributed by atoms with E-state index in [1.54, 1.807) is 16.4 Å². The summed E-state index contributed by atoms with van der Waals surface area (Å²) in [6.45, 7) is 7.22. The van der Waals surface area contributed by atoms with Gasteiger partial charge >= 0.3 is 0 Å². The number of piperidine rings is 1. The predicted octanol–water partition coefficient (Wildman–Crippen LogP) is 2.61. The Morgan fingerprint density at radius 2 is 1.76 bits per heavy atom. The van der Waals surface area contributed by atoms with Gasteiger partial charge in [-0.05, 0) is 43.0 Å². The zero-order valence-corrected chi connectivity index (χ0v) is 13.8. The van der Waals surface area contributed by atoms with Gasteiger partial charge in [0.05, 0.1) is 4.90 Å². The van der Waals surface area contributed by atoms with Crippen LogP contribution in [0.1, 0.15) is 38.7 Å². The van der Waals surface area contributed by atoms with Crippen molar-refractivity contribution in [1.82, 2.24) is 9.62 Å². The van der Waals surface area contributed by atoms with Crippen molar-refractivity contribution in [1.29, 1.82) is 0 Å². The minimum atomic E-state index is -3.32. The van der Waals surface area contributed by atoms with E-state index in [1.165, 1.54) is 0 Å². The molecule has 0 saturated carbocycles. The van der Waals surface area contributed by atoms with Crippen LogP contribution in [0.15, 0.2) is 29.2 Å². The Bertz CT molecular complexity index is 532. The molecule has 5 heteroatoms. The van der Waals surface area contributed by atoms with Gasteiger partial charge in [-0.2, -0.15) is 4.31 Å². The van der Waals surface area contributed by atoms with Crippen LogP contribution in [0.3, 0.4) is 0 Å². The number of nitrogens with zero attached hydrogens (tertiary/aromatic N) is 1. The van der Waals surface area contributed by atoms with E-state index in [4.69, 9.17) is 0 Å². The molecule has 1 aromatic rings. The summed E-state index contributed by atoms with van der Waals surface area (Å²) in [5, 5.41) is 3.24. The highest BCUT2D eigenvalue weighted by Crippen LogP contribution is 2.25. The average Bonchev–Trinajstić information content (AvgIpc) is 2.53. The van der Waals surface area contributed by atoms with E-state index in [0.29, 0.717) is 23.9 Å². The summed E-state index contributed by atoms with van der Waals surface area (Å²) in [5.74, 6) is 0.680. The largest absolute Gasteiger partial charge is 0.313 e. The fourth-order valence-electron chi connectivity index (χ4n) is 2.76. The second-order valence-electron chi connectivity index (χ2n) is 5.68. The Balaban J connectivity index is 2.05. The highest BCUT2D eigenvalue weighted by Gasteiger charge is 2.28. The van der Waals surface area contributed by atoms with Gasteiger partial charge in [-0.15, -0.1) is 0 Å². The van der Waals surface area contributed by atoms with Crippen molar-refractivity contribution in [3.8, 4) is 0 Å². The minimum absolute atomic E-state index is 0.415. The monoisotopic (exact) mass is 310 g/mol. The third kappa shape index (κ3) is 4.05. The van der Waals surface area contributed by atoms with Crippen molar-refractivity contribution < 1.29 is 8.42 Å². The van der Waals surface area contributed by atoms with Gasteiger partial charge in [-0.3, -0.25) is 0 Å². The van der Waals surface area contributed by atoms with Crippen LogP contribution in [0.2, 0.25) is 0 Å². The normalized spacial score (nSPS) is 18.0. The van der Waals surface area contributed by atoms with Crippen LogP contribution < -0.4 is 5.32 Å². The molecule has 0 amide bonds. The third-order valence-corrected chi connectivity index (χ3v) is 6.20. The number of sulfonamides is 1. The van der Waals surface area contributed by atoms with E-state index in [9.17, 15) is 8.42 Å². The molecule has 0 atom stereocenters. The Hall–Kier alpha value is -0.910. The van der Waals surface area contributed by atoms with Crippen LogP contribution in [-0.2, 0) is 16.6 Å². The number of benzene rings is 1. The van der Waals surface area contributed by atoms with Crippen LogP contribution in [0, 0.1) is 5.92 Å². The number of rotatable bonds is 6. The molecule has 1 N–H and O–H groups in total. The maximum Gasteiger partial charge on any atom is 0.243 e. The fourth-order valence-corrected chi connectivity index (χ4v) is 4.23. The molecule has 1 aliphatic heterocycles. The maximum absolute atomic E-state index is 12.6. The summed E-state index contributed by atoms with van der Waals surface area (Å²) in [6.07, 6.45) is 3.11. The first-order chi connectivity index (χ1) is 10.1. The first-order valence-corrected chi connectivity index (χ1v) is 9.31. The van der Waals surface area contributed by atoms with E-state index in [2.05, 4.69) is 19.2 Å². The summed E-state index contributed by atoms with van der Waals surface area (Å²) in [6, 6.07) is 7.25. The van der Waals surface area contributed by atoms with Crippen LogP contribution in [0.25, 0.3) is 0 Å². The Morgan fingerprint density at radius 1 is 1.14 bits per heavy atom. The molecule has 1 saturated heterocycles. The Morgan fingerprint density at radius 3 is 2.29 bits per heavy atom. The molecule has 1 fully saturated rings. The summed E-state index contributed by atoms with van der Waals surface area (Å²) in [4.78, 5) is 0.415. The highest BCUT2D eigenvalue weighted by atomic mass is 32.2. The number of nitrogens with one attached hydrogen (secondary N) is 1. The first kappa shape index (κ1) is 16.5. The molecule has 0 radical (unpaired) electrons. The zero-order valence-electron chi connectivity index (χ0n) is 13.0. The quantitative estimate of drug-likeness (QED) is 0.878. The lowest BCUT2D eigenvalue weighted by Gasteiger charge is -2.30. The van der Waals surface area contributed by atoms with E-state index in [0.717, 1.165) is 37.9 Å². The molecule has 4 nitrogen and oxygen atoms in total. The van der Waals surface area contributed by atoms with Gasteiger partial charge in [-0.1, -0.05) is 32.4 Å². The summed E-state index contributed by atoms with van der Waals surface area (Å²) >= 11 is 0. The second kappa shape index (κ2) is 7.38. The van der Waals surface area contributed by atoms with Crippen molar-refractivity contribution >= 4 is 10.0 Å². The van der Waals surface area contributed by atoms with Gasteiger partial charge in [0.2, 0.25) is 10.0 Å². The van der Waals surface area contributed by atoms with E-state index >= 15 is 0 Å². The number of hydrogen-bond donors (Lipinski definition) is 1. The third-order valence-electron chi connectivity index (χ3n) is 4.29. The van der Waals surface area contributed by atoms with Crippen molar-refractivity contribution in [3.05, 3.63) is 29.8 Å². The standard InChI is InChI=1S/C16H26N2O2S/c1-3-14-9-11-18(12-10-14)21(19,20)16-7-5-15(6-8-16)13-17-4-2/h5-8,14,17H,3-4,9-13H2,1-2H3. The molecule has 1 aliphatic rings. The summed E-state index contributed by atoms with van der Waals surface area (Å²) < 4.78 is 26.9. The SMILES string of the molecule is CCNCc1ccc(S(=O)(=O)N2CCC(CC)CC2)cc1. The van der Waals surface area contributed by atoms with Crippen LogP contribution in [-0.4, -0.2) is 32.4 Å². The molecular formula is C16H26N2O2S. The van der Waals surface area contributed by atoms with Gasteiger partial charge in [0.25, 0.3) is 0 Å². The highest BCUT2D eigenvalue weighted by molar-refractivity contribution is 7.89. The summed E-state index contributed by atoms with van der Waals surface area (Å²) in [5.41, 5.74) is 1.11. The van der Waals surface area contributed by atoms with Crippen LogP contribution in [0.4, 0.5) is 0 Å². The zero-order chi connectivity index (χ0) is 15.3. The summed E-state index contributed by atoms with van der Waals surface area (Å²) in [7, 11) is -3.32. The lowest BCUT2D eigenvalue weighted by Crippen LogP contribution is -2.38. The van der Waals surface area contributed by atoms with Crippen LogP contribution in [0.5, 0.6) is 0 Å². The molecule has 21 heavy (non-hydrogen) atoms. The maximum atomic E-state index is 12.6. The topological polar surface area (TPSA) is 49.4 Å². The molecule has 0 unspecified atom stereocenters. The average molecular weight is 310 g/mol. The predicted molar refractivity (Wildman–Crippen MR) is 85.6 cm³/mol. The molecule has 118 valence electrons. The minimum Gasteiger partial charge on any atom is -0.313 e. The van der Waals surface area contributed by atoms with Gasteiger partial charge < -0.3 is 5.32 Å². The van der Waals surface area contributed by atoms with Gasteiger partial charge in [0, 0.05) is 19.6 Å². The fraction of sp³-hybridized carbons (Fsp3) is 0.625. The van der Waals surface area contributed by atoms with E-state index in [1.807, 2.05) is 12.1 Å². The Labute approximate surface area is 128 Å². The van der Waals surface area contributed by atoms with Crippen molar-refractivity contribution in [2.45, 2.75) is 44.6 Å². The number of hydrogen-bond acceptors (Lipinski definition) is 3. The Kier molecular flexibility index (Phi) is 5.79. The lowest BCUT2D eigenvalue weighted by atomic mass is 9.96. The van der Waals surface area contributed by atoms with Crippen molar-refractivity contribution in [2.24, 2.45) is 5.92 Å². The van der Waals surface area contributed by atoms with E-state index in [-0.39, 0.29) is 0 Å². The van der Waals surface area contributed by atoms with Crippen molar-refractivity contribution in [2.75, 3.05) is 19.6 Å². The lowest BCUT2D eigenvalue weighted by molar-refractivity contribution is 0.269. The second-order valence-corrected chi connectivity index (χ2v) is 7.62. The molecule has 1 heterocycles. The molecule has 1 aromatic carbocycles. The van der Waals surface area contributed by atoms with E-state index < -0.39 is 10.0 Å². The van der Waals surface area contributed by atoms with Crippen LogP contribution >= 0.6 is 0 Å². The smallest absolute Gasteiger partial charge is 0.243 e. The molecular weight excluding hydrogens is 284 g/mol. The molecule has 0 spiro atoms. The van der Waals surface area contributed by atoms with Crippen molar-refractivity contribution in [3.63, 3.8) is 0 Å². The molecule has 0 aliphatic carbocycles. The van der Waals surface area contributed by atoms with Gasteiger partial charge in [-0.25, -0.2) is 8.42 Å². The first-order valence-electron chi connectivity index (χ1n) is 7.87. The molecule has 0 bridgehead atoms.